The number of benzene rings is 2. The second kappa shape index (κ2) is 6.56. The fourth-order valence-electron chi connectivity index (χ4n) is 3.50. The monoisotopic (exact) mass is 358 g/mol. The molecule has 1 N–H and O–H groups in total. The summed E-state index contributed by atoms with van der Waals surface area (Å²) in [5.74, 6) is -2.21. The first kappa shape index (κ1) is 18.1. The van der Waals surface area contributed by atoms with Gasteiger partial charge in [-0.2, -0.15) is 0 Å². The van der Waals surface area contributed by atoms with E-state index in [0.29, 0.717) is 5.56 Å². The number of methoxy groups -OCH3 is 1. The van der Waals surface area contributed by atoms with Crippen molar-refractivity contribution in [2.75, 3.05) is 7.11 Å². The summed E-state index contributed by atoms with van der Waals surface area (Å²) in [6.07, 6.45) is 3.67. The topological polar surface area (TPSA) is 46.5 Å². The first-order valence-corrected chi connectivity index (χ1v) is 8.36. The van der Waals surface area contributed by atoms with Crippen molar-refractivity contribution >= 4 is 11.5 Å². The van der Waals surface area contributed by atoms with Crippen LogP contribution in [0.4, 0.5) is 8.78 Å². The first-order chi connectivity index (χ1) is 12.2. The summed E-state index contributed by atoms with van der Waals surface area (Å²) >= 11 is 0. The molecule has 0 aliphatic heterocycles. The number of phenolic OH excluding ortho intramolecular Hbond substituents is 1. The molecule has 0 atom stereocenters. The lowest BCUT2D eigenvalue weighted by atomic mass is 9.79. The van der Waals surface area contributed by atoms with Gasteiger partial charge in [0.1, 0.15) is 17.4 Å². The minimum Gasteiger partial charge on any atom is -0.508 e. The van der Waals surface area contributed by atoms with Crippen LogP contribution in [0.1, 0.15) is 42.6 Å². The Labute approximate surface area is 150 Å². The second-order valence-corrected chi connectivity index (χ2v) is 7.08. The van der Waals surface area contributed by atoms with Gasteiger partial charge in [-0.25, -0.2) is 13.6 Å². The highest BCUT2D eigenvalue weighted by molar-refractivity contribution is 5.94. The van der Waals surface area contributed by atoms with Gasteiger partial charge in [0.15, 0.2) is 0 Å². The van der Waals surface area contributed by atoms with E-state index in [9.17, 15) is 14.3 Å². The molecule has 2 aromatic rings. The Kier molecular flexibility index (Phi) is 4.57. The number of carbonyl (C=O) groups is 1. The molecule has 0 heterocycles. The molecular weight excluding hydrogens is 338 g/mol. The molecular formula is C21H20F2O3. The van der Waals surface area contributed by atoms with Gasteiger partial charge in [-0.1, -0.05) is 19.9 Å². The summed E-state index contributed by atoms with van der Waals surface area (Å²) in [6.45, 7) is 4.05. The van der Waals surface area contributed by atoms with Gasteiger partial charge in [0.2, 0.25) is 0 Å². The third-order valence-electron chi connectivity index (χ3n) is 4.87. The molecule has 0 amide bonds. The molecule has 0 saturated carbocycles. The molecule has 26 heavy (non-hydrogen) atoms. The van der Waals surface area contributed by atoms with Crippen molar-refractivity contribution < 1.29 is 23.4 Å². The molecule has 0 radical (unpaired) electrons. The number of ether oxygens (including phenoxy) is 1. The average molecular weight is 358 g/mol. The van der Waals surface area contributed by atoms with Gasteiger partial charge in [0, 0.05) is 11.1 Å². The van der Waals surface area contributed by atoms with E-state index in [1.54, 1.807) is 0 Å². The molecule has 0 spiro atoms. The van der Waals surface area contributed by atoms with E-state index < -0.39 is 17.6 Å². The highest BCUT2D eigenvalue weighted by Gasteiger charge is 2.32. The van der Waals surface area contributed by atoms with Crippen molar-refractivity contribution in [3.63, 3.8) is 0 Å². The van der Waals surface area contributed by atoms with Crippen molar-refractivity contribution in [1.29, 1.82) is 0 Å². The van der Waals surface area contributed by atoms with Crippen molar-refractivity contribution in [1.82, 2.24) is 0 Å². The van der Waals surface area contributed by atoms with Gasteiger partial charge in [0.05, 0.1) is 12.7 Å². The van der Waals surface area contributed by atoms with Crippen LogP contribution in [0.25, 0.3) is 16.7 Å². The molecule has 3 nitrogen and oxygen atoms in total. The van der Waals surface area contributed by atoms with E-state index in [2.05, 4.69) is 0 Å². The predicted octanol–water partition coefficient (Wildman–Crippen LogP) is 5.33. The zero-order valence-corrected chi connectivity index (χ0v) is 14.9. The Balaban J connectivity index is 2.33. The highest BCUT2D eigenvalue weighted by Crippen LogP contribution is 2.48. The Morgan fingerprint density at radius 3 is 2.46 bits per heavy atom. The summed E-state index contributed by atoms with van der Waals surface area (Å²) in [6, 6.07) is 6.06. The molecule has 5 heteroatoms. The molecule has 0 unspecified atom stereocenters. The lowest BCUT2D eigenvalue weighted by Crippen LogP contribution is -2.12. The van der Waals surface area contributed by atoms with E-state index in [4.69, 9.17) is 4.74 Å². The van der Waals surface area contributed by atoms with Crippen LogP contribution in [0.2, 0.25) is 0 Å². The van der Waals surface area contributed by atoms with E-state index in [-0.39, 0.29) is 27.9 Å². The normalized spacial score (nSPS) is 15.7. The van der Waals surface area contributed by atoms with E-state index in [1.807, 2.05) is 19.9 Å². The summed E-state index contributed by atoms with van der Waals surface area (Å²) in [4.78, 5) is 11.9. The number of allylic oxidation sites excluding steroid dienone is 2. The summed E-state index contributed by atoms with van der Waals surface area (Å²) in [5, 5.41) is 9.75. The maximum atomic E-state index is 15.0. The lowest BCUT2D eigenvalue weighted by Gasteiger charge is -2.25. The Morgan fingerprint density at radius 2 is 1.85 bits per heavy atom. The van der Waals surface area contributed by atoms with Crippen LogP contribution < -0.4 is 0 Å². The van der Waals surface area contributed by atoms with Crippen LogP contribution in [0.15, 0.2) is 36.4 Å². The largest absolute Gasteiger partial charge is 0.508 e. The number of aromatic hydroxyl groups is 1. The maximum absolute atomic E-state index is 15.0. The zero-order valence-electron chi connectivity index (χ0n) is 14.9. The van der Waals surface area contributed by atoms with Crippen LogP contribution in [0.3, 0.4) is 0 Å². The van der Waals surface area contributed by atoms with E-state index in [1.165, 1.54) is 25.3 Å². The summed E-state index contributed by atoms with van der Waals surface area (Å²) in [7, 11) is 1.22. The first-order valence-electron chi connectivity index (χ1n) is 8.36. The van der Waals surface area contributed by atoms with Gasteiger partial charge in [-0.05, 0) is 59.7 Å². The molecule has 0 fully saturated rings. The Morgan fingerprint density at radius 1 is 1.12 bits per heavy atom. The van der Waals surface area contributed by atoms with Crippen LogP contribution >= 0.6 is 0 Å². The smallest absolute Gasteiger partial charge is 0.337 e. The predicted molar refractivity (Wildman–Crippen MR) is 95.8 cm³/mol. The maximum Gasteiger partial charge on any atom is 0.337 e. The quantitative estimate of drug-likeness (QED) is 0.755. The summed E-state index contributed by atoms with van der Waals surface area (Å²) in [5.41, 5.74) is 1.10. The second-order valence-electron chi connectivity index (χ2n) is 7.08. The van der Waals surface area contributed by atoms with E-state index in [0.717, 1.165) is 30.5 Å². The van der Waals surface area contributed by atoms with Crippen molar-refractivity contribution in [3.8, 4) is 16.9 Å². The van der Waals surface area contributed by atoms with Crippen LogP contribution in [0, 0.1) is 17.0 Å². The van der Waals surface area contributed by atoms with Gasteiger partial charge >= 0.3 is 5.97 Å². The number of halogens is 2. The van der Waals surface area contributed by atoms with Crippen LogP contribution in [-0.2, 0) is 4.74 Å². The van der Waals surface area contributed by atoms with Crippen LogP contribution in [-0.4, -0.2) is 18.2 Å². The van der Waals surface area contributed by atoms with Gasteiger partial charge in [-0.3, -0.25) is 0 Å². The van der Waals surface area contributed by atoms with Crippen molar-refractivity contribution in [2.45, 2.75) is 26.7 Å². The number of hydrogen-bond acceptors (Lipinski definition) is 3. The van der Waals surface area contributed by atoms with Crippen LogP contribution in [0.5, 0.6) is 5.75 Å². The number of carbonyl (C=O) groups excluding carboxylic acids is 1. The standard InChI is InChI=1S/C21H20F2O3/c1-21(2)8-4-5-16(21)14-9-12(20(25)26-3)10-18(23)19(14)15-11-13(24)6-7-17(15)22/h5-7,9-11,24H,4,8H2,1-3H3. The highest BCUT2D eigenvalue weighted by atomic mass is 19.1. The molecule has 3 rings (SSSR count). The Bertz CT molecular complexity index is 914. The number of esters is 1. The van der Waals surface area contributed by atoms with Crippen molar-refractivity contribution in [3.05, 3.63) is 59.2 Å². The van der Waals surface area contributed by atoms with E-state index >= 15 is 4.39 Å². The zero-order chi connectivity index (χ0) is 19.1. The third kappa shape index (κ3) is 3.09. The van der Waals surface area contributed by atoms with Crippen molar-refractivity contribution in [2.24, 2.45) is 5.41 Å². The summed E-state index contributed by atoms with van der Waals surface area (Å²) < 4.78 is 34.2. The fourth-order valence-corrected chi connectivity index (χ4v) is 3.50. The molecule has 0 aromatic heterocycles. The molecule has 2 aromatic carbocycles. The number of phenols is 1. The van der Waals surface area contributed by atoms with Gasteiger partial charge < -0.3 is 9.84 Å². The number of hydrogen-bond donors (Lipinski definition) is 1. The van der Waals surface area contributed by atoms with Gasteiger partial charge in [-0.15, -0.1) is 0 Å². The molecule has 1 aliphatic rings. The molecule has 136 valence electrons. The molecule has 0 saturated heterocycles. The fraction of sp³-hybridized carbons (Fsp3) is 0.286. The Hall–Kier alpha value is -2.69. The lowest BCUT2D eigenvalue weighted by molar-refractivity contribution is 0.0600. The molecule has 0 bridgehead atoms. The SMILES string of the molecule is COC(=O)c1cc(F)c(-c2cc(O)ccc2F)c(C2=CCCC2(C)C)c1. The average Bonchev–Trinajstić information content (AvgIpc) is 2.95. The minimum atomic E-state index is -0.740. The minimum absolute atomic E-state index is 0.0345. The number of rotatable bonds is 3. The molecule has 1 aliphatic carbocycles. The third-order valence-corrected chi connectivity index (χ3v) is 4.87. The van der Waals surface area contributed by atoms with Gasteiger partial charge in [0.25, 0.3) is 0 Å².